The van der Waals surface area contributed by atoms with Gasteiger partial charge in [-0.2, -0.15) is 0 Å². The van der Waals surface area contributed by atoms with Gasteiger partial charge < -0.3 is 14.8 Å². The molecule has 0 radical (unpaired) electrons. The fraction of sp³-hybridized carbons (Fsp3) is 0.375. The smallest absolute Gasteiger partial charge is 0.255 e. The maximum atomic E-state index is 13.1. The number of fused-ring (bicyclic) bond motifs is 5. The van der Waals surface area contributed by atoms with Gasteiger partial charge in [0.05, 0.1) is 37.4 Å². The van der Waals surface area contributed by atoms with Crippen LogP contribution < -0.4 is 19.7 Å². The van der Waals surface area contributed by atoms with Crippen molar-refractivity contribution in [1.29, 1.82) is 0 Å². The van der Waals surface area contributed by atoms with E-state index in [1.165, 1.54) is 12.0 Å². The Morgan fingerprint density at radius 3 is 2.32 bits per heavy atom. The molecule has 2 aromatic rings. The minimum atomic E-state index is -0.357. The first-order chi connectivity index (χ1) is 15.0. The minimum absolute atomic E-state index is 0.114. The van der Waals surface area contributed by atoms with Crippen LogP contribution in [0.3, 0.4) is 0 Å². The van der Waals surface area contributed by atoms with Gasteiger partial charge in [-0.25, -0.2) is 0 Å². The van der Waals surface area contributed by atoms with Gasteiger partial charge >= 0.3 is 0 Å². The third-order valence-corrected chi connectivity index (χ3v) is 6.95. The molecule has 1 N–H and O–H groups in total. The average Bonchev–Trinajstić information content (AvgIpc) is 3.47. The molecule has 31 heavy (non-hydrogen) atoms. The third-order valence-electron chi connectivity index (χ3n) is 6.95. The lowest BCUT2D eigenvalue weighted by atomic mass is 9.81. The van der Waals surface area contributed by atoms with Gasteiger partial charge in [-0.3, -0.25) is 19.3 Å². The van der Waals surface area contributed by atoms with Crippen LogP contribution in [-0.2, 0) is 9.59 Å². The number of amides is 3. The van der Waals surface area contributed by atoms with Gasteiger partial charge in [0, 0.05) is 11.6 Å². The summed E-state index contributed by atoms with van der Waals surface area (Å²) in [5.74, 6) is 0.771. The molecule has 4 atom stereocenters. The van der Waals surface area contributed by atoms with Crippen LogP contribution in [0.2, 0.25) is 0 Å². The molecule has 1 aliphatic heterocycles. The number of hydrogen-bond acceptors (Lipinski definition) is 5. The fourth-order valence-corrected chi connectivity index (χ4v) is 5.55. The molecule has 1 saturated heterocycles. The highest BCUT2D eigenvalue weighted by molar-refractivity contribution is 6.23. The number of anilines is 2. The monoisotopic (exact) mass is 420 g/mol. The summed E-state index contributed by atoms with van der Waals surface area (Å²) in [6.07, 6.45) is 3.06. The first-order valence-electron chi connectivity index (χ1n) is 10.5. The molecule has 0 spiro atoms. The Hall–Kier alpha value is -3.35. The van der Waals surface area contributed by atoms with Crippen LogP contribution >= 0.6 is 0 Å². The van der Waals surface area contributed by atoms with Gasteiger partial charge in [0.25, 0.3) is 5.91 Å². The molecule has 7 heteroatoms. The van der Waals surface area contributed by atoms with E-state index in [1.54, 1.807) is 49.6 Å². The molecule has 7 nitrogen and oxygen atoms in total. The molecule has 0 unspecified atom stereocenters. The second kappa shape index (κ2) is 7.41. The molecule has 0 aromatic heterocycles. The summed E-state index contributed by atoms with van der Waals surface area (Å²) in [6, 6.07) is 11.8. The zero-order valence-electron chi connectivity index (χ0n) is 17.5. The van der Waals surface area contributed by atoms with Crippen molar-refractivity contribution in [2.24, 2.45) is 23.7 Å². The molecule has 2 aliphatic carbocycles. The molecule has 2 saturated carbocycles. The average molecular weight is 420 g/mol. The number of hydrogen-bond donors (Lipinski definition) is 1. The largest absolute Gasteiger partial charge is 0.497 e. The summed E-state index contributed by atoms with van der Waals surface area (Å²) in [7, 11) is 3.07. The quantitative estimate of drug-likeness (QED) is 0.749. The molecular formula is C24H24N2O5. The number of methoxy groups -OCH3 is 2. The number of nitrogens with zero attached hydrogens (tertiary/aromatic N) is 1. The van der Waals surface area contributed by atoms with Crippen LogP contribution in [0.25, 0.3) is 0 Å². The van der Waals surface area contributed by atoms with E-state index in [0.29, 0.717) is 40.3 Å². The van der Waals surface area contributed by atoms with Crippen LogP contribution in [0.15, 0.2) is 42.5 Å². The van der Waals surface area contributed by atoms with Crippen molar-refractivity contribution in [3.63, 3.8) is 0 Å². The maximum absolute atomic E-state index is 13.1. The van der Waals surface area contributed by atoms with E-state index in [1.807, 2.05) is 0 Å². The Morgan fingerprint density at radius 1 is 0.968 bits per heavy atom. The summed E-state index contributed by atoms with van der Waals surface area (Å²) in [6.45, 7) is 0. The standard InChI is InChI=1S/C24H24N2O5/c1-30-17-8-9-18(19(12-17)31-2)25-22(27)15-4-3-5-16(11-15)26-23(28)20-13-6-7-14(10-13)21(20)24(26)29/h3-5,8-9,11-14,20-21H,6-7,10H2,1-2H3,(H,25,27)/t13-,14+,20-,21-/m0/s1. The summed E-state index contributed by atoms with van der Waals surface area (Å²) < 4.78 is 10.5. The zero-order valence-corrected chi connectivity index (χ0v) is 17.5. The van der Waals surface area contributed by atoms with Crippen LogP contribution in [0.5, 0.6) is 11.5 Å². The van der Waals surface area contributed by atoms with Crippen molar-refractivity contribution < 1.29 is 23.9 Å². The van der Waals surface area contributed by atoms with Gasteiger partial charge in [-0.1, -0.05) is 6.07 Å². The number of benzene rings is 2. The van der Waals surface area contributed by atoms with E-state index in [4.69, 9.17) is 9.47 Å². The molecular weight excluding hydrogens is 396 g/mol. The van der Waals surface area contributed by atoms with Crippen molar-refractivity contribution in [2.75, 3.05) is 24.4 Å². The van der Waals surface area contributed by atoms with Gasteiger partial charge in [0.15, 0.2) is 0 Å². The zero-order chi connectivity index (χ0) is 21.7. The second-order valence-corrected chi connectivity index (χ2v) is 8.47. The molecule has 5 rings (SSSR count). The Bertz CT molecular complexity index is 1050. The van der Waals surface area contributed by atoms with E-state index in [9.17, 15) is 14.4 Å². The lowest BCUT2D eigenvalue weighted by molar-refractivity contribution is -0.123. The number of nitrogens with one attached hydrogen (secondary N) is 1. The Labute approximate surface area is 180 Å². The Balaban J connectivity index is 1.39. The van der Waals surface area contributed by atoms with Crippen molar-refractivity contribution in [3.8, 4) is 11.5 Å². The number of carbonyl (C=O) groups excluding carboxylic acids is 3. The van der Waals surface area contributed by atoms with E-state index in [0.717, 1.165) is 19.3 Å². The molecule has 1 heterocycles. The number of ether oxygens (including phenoxy) is 2. The maximum Gasteiger partial charge on any atom is 0.255 e. The fourth-order valence-electron chi connectivity index (χ4n) is 5.55. The number of imide groups is 1. The van der Waals surface area contributed by atoms with E-state index in [2.05, 4.69) is 5.32 Å². The van der Waals surface area contributed by atoms with Crippen LogP contribution in [0.4, 0.5) is 11.4 Å². The lowest BCUT2D eigenvalue weighted by Crippen LogP contribution is -2.33. The van der Waals surface area contributed by atoms with Crippen LogP contribution in [0.1, 0.15) is 29.6 Å². The van der Waals surface area contributed by atoms with Crippen molar-refractivity contribution in [1.82, 2.24) is 0 Å². The highest BCUT2D eigenvalue weighted by Gasteiger charge is 2.61. The minimum Gasteiger partial charge on any atom is -0.497 e. The second-order valence-electron chi connectivity index (χ2n) is 8.47. The Kier molecular flexibility index (Phi) is 4.68. The van der Waals surface area contributed by atoms with Gasteiger partial charge in [0.2, 0.25) is 11.8 Å². The van der Waals surface area contributed by atoms with Gasteiger partial charge in [-0.05, 0) is 61.4 Å². The molecule has 3 aliphatic rings. The Morgan fingerprint density at radius 2 is 1.68 bits per heavy atom. The molecule has 3 amide bonds. The normalized spacial score (nSPS) is 26.2. The molecule has 160 valence electrons. The summed E-state index contributed by atoms with van der Waals surface area (Å²) in [4.78, 5) is 40.3. The molecule has 3 fully saturated rings. The summed E-state index contributed by atoms with van der Waals surface area (Å²) in [5.41, 5.74) is 1.31. The highest BCUT2D eigenvalue weighted by Crippen LogP contribution is 2.56. The van der Waals surface area contributed by atoms with Crippen LogP contribution in [-0.4, -0.2) is 31.9 Å². The van der Waals surface area contributed by atoms with Gasteiger partial charge in [-0.15, -0.1) is 0 Å². The number of rotatable bonds is 5. The molecule has 2 bridgehead atoms. The van der Waals surface area contributed by atoms with Crippen molar-refractivity contribution >= 4 is 29.1 Å². The first-order valence-corrected chi connectivity index (χ1v) is 10.5. The predicted octanol–water partition coefficient (Wildman–Crippen LogP) is 3.49. The van der Waals surface area contributed by atoms with E-state index >= 15 is 0 Å². The lowest BCUT2D eigenvalue weighted by Gasteiger charge is -2.19. The van der Waals surface area contributed by atoms with Crippen molar-refractivity contribution in [2.45, 2.75) is 19.3 Å². The highest BCUT2D eigenvalue weighted by atomic mass is 16.5. The van der Waals surface area contributed by atoms with E-state index in [-0.39, 0.29) is 29.6 Å². The predicted molar refractivity (Wildman–Crippen MR) is 114 cm³/mol. The third kappa shape index (κ3) is 3.07. The summed E-state index contributed by atoms with van der Waals surface area (Å²) in [5, 5.41) is 2.83. The number of carbonyl (C=O) groups is 3. The first kappa shape index (κ1) is 19.6. The van der Waals surface area contributed by atoms with Gasteiger partial charge in [0.1, 0.15) is 11.5 Å². The SMILES string of the molecule is COc1ccc(NC(=O)c2cccc(N3C(=O)[C@H]4[C@@H]5CC[C@@H](C5)[C@@H]4C3=O)c2)c(OC)c1. The van der Waals surface area contributed by atoms with Crippen LogP contribution in [0, 0.1) is 23.7 Å². The van der Waals surface area contributed by atoms with E-state index < -0.39 is 0 Å². The summed E-state index contributed by atoms with van der Waals surface area (Å²) >= 11 is 0. The topological polar surface area (TPSA) is 84.9 Å². The van der Waals surface area contributed by atoms with Crippen molar-refractivity contribution in [3.05, 3.63) is 48.0 Å². The molecule has 2 aromatic carbocycles.